The molecule has 2 N–H and O–H groups in total. The molecule has 4 heteroatoms. The minimum Gasteiger partial charge on any atom is -0.472 e. The Morgan fingerprint density at radius 1 is 1.27 bits per heavy atom. The lowest BCUT2D eigenvalue weighted by Crippen LogP contribution is -1.84. The van der Waals surface area contributed by atoms with E-state index in [9.17, 15) is 4.79 Å². The highest BCUT2D eigenvalue weighted by molar-refractivity contribution is 5.86. The highest BCUT2D eigenvalue weighted by Crippen LogP contribution is 1.51. The van der Waals surface area contributed by atoms with Gasteiger partial charge in [0.2, 0.25) is 0 Å². The molecule has 0 atom stereocenters. The highest BCUT2D eigenvalue weighted by atomic mass is 16.4. The van der Waals surface area contributed by atoms with Crippen LogP contribution in [0.2, 0.25) is 0 Å². The summed E-state index contributed by atoms with van der Waals surface area (Å²) in [5.41, 5.74) is 0. The number of hydrogen-bond acceptors (Lipinski definition) is 2. The maximum absolute atomic E-state index is 9.43. The summed E-state index contributed by atoms with van der Waals surface area (Å²) in [4.78, 5) is 18.6. The van der Waals surface area contributed by atoms with E-state index < -0.39 is 11.9 Å². The van der Waals surface area contributed by atoms with Crippen molar-refractivity contribution in [3.8, 4) is 24.2 Å². The van der Waals surface area contributed by atoms with Gasteiger partial charge < -0.3 is 10.2 Å². The summed E-state index contributed by atoms with van der Waals surface area (Å²) in [6.45, 7) is 1.48. The molecular formula is C7H6O4. The van der Waals surface area contributed by atoms with Gasteiger partial charge >= 0.3 is 11.9 Å². The smallest absolute Gasteiger partial charge is 0.381 e. The van der Waals surface area contributed by atoms with E-state index in [1.165, 1.54) is 12.8 Å². The number of carboxylic acids is 2. The zero-order chi connectivity index (χ0) is 9.28. The number of rotatable bonds is 0. The Balaban J connectivity index is 0. The van der Waals surface area contributed by atoms with Gasteiger partial charge in [-0.15, -0.1) is 6.42 Å². The van der Waals surface area contributed by atoms with E-state index in [0.29, 0.717) is 0 Å². The van der Waals surface area contributed by atoms with E-state index in [-0.39, 0.29) is 0 Å². The summed E-state index contributed by atoms with van der Waals surface area (Å²) in [6, 6.07) is 0. The lowest BCUT2D eigenvalue weighted by atomic mass is 10.6. The summed E-state index contributed by atoms with van der Waals surface area (Å²) in [5, 5.41) is 15.2. The largest absolute Gasteiger partial charge is 0.472 e. The highest BCUT2D eigenvalue weighted by Gasteiger charge is 1.76. The van der Waals surface area contributed by atoms with Crippen molar-refractivity contribution in [2.24, 2.45) is 0 Å². The molecule has 0 aromatic carbocycles. The Labute approximate surface area is 63.8 Å². The van der Waals surface area contributed by atoms with Gasteiger partial charge in [-0.1, -0.05) is 5.92 Å². The minimum absolute atomic E-state index is 1.07. The Morgan fingerprint density at radius 3 is 1.64 bits per heavy atom. The average Bonchev–Trinajstić information content (AvgIpc) is 1.89. The van der Waals surface area contributed by atoms with Crippen LogP contribution in [-0.2, 0) is 9.59 Å². The first-order valence-electron chi connectivity index (χ1n) is 2.39. The van der Waals surface area contributed by atoms with Crippen LogP contribution in [0.1, 0.15) is 6.92 Å². The molecule has 0 aliphatic carbocycles. The van der Waals surface area contributed by atoms with Crippen LogP contribution in [0.25, 0.3) is 0 Å². The molecule has 0 unspecified atom stereocenters. The van der Waals surface area contributed by atoms with Crippen LogP contribution in [0.3, 0.4) is 0 Å². The third kappa shape index (κ3) is 31.6. The monoisotopic (exact) mass is 154 g/mol. The first-order valence-corrected chi connectivity index (χ1v) is 2.39. The van der Waals surface area contributed by atoms with Crippen molar-refractivity contribution in [1.29, 1.82) is 0 Å². The average molecular weight is 154 g/mol. The number of carbonyl (C=O) groups is 2. The predicted octanol–water partition coefficient (Wildman–Crippen LogP) is -0.201. The summed E-state index contributed by atoms with van der Waals surface area (Å²) >= 11 is 0. The summed E-state index contributed by atoms with van der Waals surface area (Å²) in [6.07, 6.45) is 4.32. The van der Waals surface area contributed by atoms with Crippen molar-refractivity contribution in [1.82, 2.24) is 0 Å². The summed E-state index contributed by atoms with van der Waals surface area (Å²) in [7, 11) is 0. The molecule has 0 saturated carbocycles. The van der Waals surface area contributed by atoms with Crippen LogP contribution in [0.5, 0.6) is 0 Å². The number of terminal acetylenes is 1. The maximum atomic E-state index is 9.43. The molecule has 0 aliphatic heterocycles. The minimum atomic E-state index is -1.22. The second kappa shape index (κ2) is 8.06. The van der Waals surface area contributed by atoms with Crippen molar-refractivity contribution >= 4 is 11.9 Å². The van der Waals surface area contributed by atoms with Crippen molar-refractivity contribution in [3.05, 3.63) is 0 Å². The summed E-state index contributed by atoms with van der Waals surface area (Å²) in [5.74, 6) is 3.25. The first-order chi connectivity index (χ1) is 5.04. The van der Waals surface area contributed by atoms with E-state index >= 15 is 0 Å². The van der Waals surface area contributed by atoms with Crippen molar-refractivity contribution in [2.45, 2.75) is 6.92 Å². The van der Waals surface area contributed by atoms with E-state index in [2.05, 4.69) is 12.3 Å². The van der Waals surface area contributed by atoms with E-state index in [1.807, 2.05) is 5.92 Å². The molecule has 0 amide bonds. The van der Waals surface area contributed by atoms with Gasteiger partial charge in [0.05, 0.1) is 0 Å². The quantitative estimate of drug-likeness (QED) is 0.474. The Morgan fingerprint density at radius 2 is 1.64 bits per heavy atom. The Kier molecular flexibility index (Phi) is 8.65. The molecule has 0 spiro atoms. The van der Waals surface area contributed by atoms with E-state index in [0.717, 1.165) is 0 Å². The third-order valence-corrected chi connectivity index (χ3v) is 0.355. The molecule has 0 saturated heterocycles. The van der Waals surface area contributed by atoms with Gasteiger partial charge in [0.25, 0.3) is 0 Å². The van der Waals surface area contributed by atoms with Gasteiger partial charge in [-0.3, -0.25) is 0 Å². The molecule has 4 nitrogen and oxygen atoms in total. The molecule has 0 bridgehead atoms. The van der Waals surface area contributed by atoms with Crippen LogP contribution >= 0.6 is 0 Å². The Hall–Kier alpha value is -1.94. The normalized spacial score (nSPS) is 5.45. The van der Waals surface area contributed by atoms with Gasteiger partial charge in [-0.2, -0.15) is 0 Å². The fourth-order valence-electron chi connectivity index (χ4n) is 0.107. The standard InChI is InChI=1S/C4H4O2.C3H2O2/c1-2-3-4(5)6;1-2-3(4)5/h1H3,(H,5,6);1H,(H,4,5). The fourth-order valence-corrected chi connectivity index (χ4v) is 0.107. The van der Waals surface area contributed by atoms with Gasteiger partial charge in [0, 0.05) is 11.8 Å². The topological polar surface area (TPSA) is 74.6 Å². The number of carboxylic acid groups (broad SMARTS) is 2. The zero-order valence-electron chi connectivity index (χ0n) is 5.79. The van der Waals surface area contributed by atoms with Crippen LogP contribution < -0.4 is 0 Å². The van der Waals surface area contributed by atoms with Gasteiger partial charge in [0.1, 0.15) is 0 Å². The van der Waals surface area contributed by atoms with Gasteiger partial charge in [0.15, 0.2) is 0 Å². The zero-order valence-corrected chi connectivity index (χ0v) is 5.79. The van der Waals surface area contributed by atoms with Crippen molar-refractivity contribution in [3.63, 3.8) is 0 Å². The molecule has 0 aromatic heterocycles. The predicted molar refractivity (Wildman–Crippen MR) is 37.6 cm³/mol. The lowest BCUT2D eigenvalue weighted by Gasteiger charge is -1.63. The molecule has 0 aromatic rings. The van der Waals surface area contributed by atoms with Crippen LogP contribution in [-0.4, -0.2) is 22.2 Å². The van der Waals surface area contributed by atoms with E-state index in [4.69, 9.17) is 15.0 Å². The van der Waals surface area contributed by atoms with Crippen LogP contribution in [0.4, 0.5) is 0 Å². The first kappa shape index (κ1) is 11.8. The second-order valence-electron chi connectivity index (χ2n) is 1.13. The molecule has 0 radical (unpaired) electrons. The van der Waals surface area contributed by atoms with Crippen molar-refractivity contribution in [2.75, 3.05) is 0 Å². The van der Waals surface area contributed by atoms with E-state index in [1.54, 1.807) is 0 Å². The molecular weight excluding hydrogens is 148 g/mol. The van der Waals surface area contributed by atoms with Crippen LogP contribution in [0.15, 0.2) is 0 Å². The van der Waals surface area contributed by atoms with Crippen LogP contribution in [0, 0.1) is 24.2 Å². The summed E-state index contributed by atoms with van der Waals surface area (Å²) < 4.78 is 0. The van der Waals surface area contributed by atoms with Gasteiger partial charge in [-0.25, -0.2) is 9.59 Å². The molecule has 11 heavy (non-hydrogen) atoms. The van der Waals surface area contributed by atoms with Crippen molar-refractivity contribution < 1.29 is 19.8 Å². The Bertz CT molecular complexity index is 235. The SMILES string of the molecule is C#CC(=O)O.CC#CC(=O)O. The number of hydrogen-bond donors (Lipinski definition) is 2. The second-order valence-corrected chi connectivity index (χ2v) is 1.13. The number of aliphatic carboxylic acids is 2. The molecule has 0 aliphatic rings. The lowest BCUT2D eigenvalue weighted by molar-refractivity contribution is -0.131. The molecule has 58 valence electrons. The fraction of sp³-hybridized carbons (Fsp3) is 0.143. The molecule has 0 fully saturated rings. The molecule has 0 heterocycles. The molecule has 0 rings (SSSR count). The maximum Gasteiger partial charge on any atom is 0.381 e. The third-order valence-electron chi connectivity index (χ3n) is 0.355. The van der Waals surface area contributed by atoms with Gasteiger partial charge in [-0.05, 0) is 6.92 Å².